The van der Waals surface area contributed by atoms with Crippen molar-refractivity contribution in [2.24, 2.45) is 0 Å². The zero-order chi connectivity index (χ0) is 14.0. The van der Waals surface area contributed by atoms with Gasteiger partial charge in [0.25, 0.3) is 0 Å². The number of allylic oxidation sites excluding steroid dienone is 2. The van der Waals surface area contributed by atoms with Crippen molar-refractivity contribution in [1.82, 2.24) is 0 Å². The van der Waals surface area contributed by atoms with E-state index >= 15 is 0 Å². The standard InChI is InChI=1S/C14H22O4/c1-11(8-9-17-13(3)15)6-5-7-12(2)10-18-14(4)16/h7-8H,5-6,9-10H2,1-4H3/b11-8+,12-7+. The van der Waals surface area contributed by atoms with Crippen LogP contribution in [0.5, 0.6) is 0 Å². The molecule has 4 heteroatoms. The minimum atomic E-state index is -0.267. The third-order valence-corrected chi connectivity index (χ3v) is 2.25. The Labute approximate surface area is 109 Å². The van der Waals surface area contributed by atoms with Gasteiger partial charge in [-0.05, 0) is 38.3 Å². The second-order valence-corrected chi connectivity index (χ2v) is 4.22. The summed E-state index contributed by atoms with van der Waals surface area (Å²) in [4.78, 5) is 21.2. The van der Waals surface area contributed by atoms with Gasteiger partial charge in [-0.25, -0.2) is 0 Å². The second-order valence-electron chi connectivity index (χ2n) is 4.22. The number of carbonyl (C=O) groups excluding carboxylic acids is 2. The molecule has 0 saturated heterocycles. The summed E-state index contributed by atoms with van der Waals surface area (Å²) in [6, 6.07) is 0. The molecule has 0 rings (SSSR count). The maximum Gasteiger partial charge on any atom is 0.302 e. The molecule has 0 atom stereocenters. The molecular formula is C14H22O4. The van der Waals surface area contributed by atoms with Gasteiger partial charge in [0.1, 0.15) is 13.2 Å². The Morgan fingerprint density at radius 3 is 2.06 bits per heavy atom. The van der Waals surface area contributed by atoms with Gasteiger partial charge in [0.15, 0.2) is 0 Å². The number of hydrogen-bond donors (Lipinski definition) is 0. The molecule has 0 bridgehead atoms. The number of carbonyl (C=O) groups is 2. The minimum absolute atomic E-state index is 0.264. The van der Waals surface area contributed by atoms with E-state index in [9.17, 15) is 9.59 Å². The van der Waals surface area contributed by atoms with Crippen LogP contribution in [-0.2, 0) is 19.1 Å². The van der Waals surface area contributed by atoms with Crippen molar-refractivity contribution >= 4 is 11.9 Å². The van der Waals surface area contributed by atoms with E-state index in [-0.39, 0.29) is 11.9 Å². The quantitative estimate of drug-likeness (QED) is 0.518. The molecule has 0 saturated carbocycles. The van der Waals surface area contributed by atoms with Gasteiger partial charge in [0.2, 0.25) is 0 Å². The van der Waals surface area contributed by atoms with Crippen molar-refractivity contribution in [2.45, 2.75) is 40.5 Å². The highest BCUT2D eigenvalue weighted by molar-refractivity contribution is 5.66. The Hall–Kier alpha value is -1.58. The van der Waals surface area contributed by atoms with Crippen molar-refractivity contribution in [2.75, 3.05) is 13.2 Å². The number of hydrogen-bond acceptors (Lipinski definition) is 4. The van der Waals surface area contributed by atoms with Crippen molar-refractivity contribution in [1.29, 1.82) is 0 Å². The zero-order valence-electron chi connectivity index (χ0n) is 11.6. The number of esters is 2. The van der Waals surface area contributed by atoms with E-state index in [1.807, 2.05) is 26.0 Å². The predicted molar refractivity (Wildman–Crippen MR) is 70.0 cm³/mol. The SMILES string of the molecule is CC(=O)OC/C=C(\C)CC/C=C(\C)COC(C)=O. The van der Waals surface area contributed by atoms with Crippen LogP contribution in [-0.4, -0.2) is 25.2 Å². The maximum atomic E-state index is 10.6. The van der Waals surface area contributed by atoms with Gasteiger partial charge in [0.05, 0.1) is 0 Å². The van der Waals surface area contributed by atoms with Gasteiger partial charge in [0, 0.05) is 13.8 Å². The highest BCUT2D eigenvalue weighted by Gasteiger charge is 1.95. The van der Waals surface area contributed by atoms with Crippen LogP contribution in [0.2, 0.25) is 0 Å². The smallest absolute Gasteiger partial charge is 0.302 e. The van der Waals surface area contributed by atoms with E-state index in [1.165, 1.54) is 19.4 Å². The fraction of sp³-hybridized carbons (Fsp3) is 0.571. The lowest BCUT2D eigenvalue weighted by molar-refractivity contribution is -0.140. The first-order valence-electron chi connectivity index (χ1n) is 5.99. The zero-order valence-corrected chi connectivity index (χ0v) is 11.6. The average molecular weight is 254 g/mol. The topological polar surface area (TPSA) is 52.6 Å². The number of ether oxygens (including phenoxy) is 2. The van der Waals surface area contributed by atoms with Crippen LogP contribution in [0.3, 0.4) is 0 Å². The molecule has 4 nitrogen and oxygen atoms in total. The summed E-state index contributed by atoms with van der Waals surface area (Å²) < 4.78 is 9.69. The summed E-state index contributed by atoms with van der Waals surface area (Å²) >= 11 is 0. The van der Waals surface area contributed by atoms with E-state index in [0.29, 0.717) is 13.2 Å². The summed E-state index contributed by atoms with van der Waals surface area (Å²) in [6.45, 7) is 7.40. The van der Waals surface area contributed by atoms with E-state index in [4.69, 9.17) is 9.47 Å². The van der Waals surface area contributed by atoms with Crippen LogP contribution in [0, 0.1) is 0 Å². The molecule has 0 N–H and O–H groups in total. The molecule has 0 fully saturated rings. The second kappa shape index (κ2) is 9.45. The van der Waals surface area contributed by atoms with Crippen LogP contribution < -0.4 is 0 Å². The molecule has 0 aromatic carbocycles. The lowest BCUT2D eigenvalue weighted by Gasteiger charge is -2.03. The van der Waals surface area contributed by atoms with Crippen LogP contribution >= 0.6 is 0 Å². The average Bonchev–Trinajstić information content (AvgIpc) is 2.25. The lowest BCUT2D eigenvalue weighted by atomic mass is 10.1. The van der Waals surface area contributed by atoms with Crippen molar-refractivity contribution in [3.05, 3.63) is 23.3 Å². The summed E-state index contributed by atoms with van der Waals surface area (Å²) in [5.74, 6) is -0.531. The predicted octanol–water partition coefficient (Wildman–Crippen LogP) is 2.79. The van der Waals surface area contributed by atoms with E-state index in [2.05, 4.69) is 0 Å². The third kappa shape index (κ3) is 10.9. The first-order valence-corrected chi connectivity index (χ1v) is 5.99. The molecular weight excluding hydrogens is 232 g/mol. The summed E-state index contributed by atoms with van der Waals surface area (Å²) in [7, 11) is 0. The van der Waals surface area contributed by atoms with Crippen LogP contribution in [0.4, 0.5) is 0 Å². The van der Waals surface area contributed by atoms with Crippen LogP contribution in [0.1, 0.15) is 40.5 Å². The fourth-order valence-electron chi connectivity index (χ4n) is 1.22. The molecule has 0 aliphatic rings. The summed E-state index contributed by atoms with van der Waals surface area (Å²) in [5.41, 5.74) is 2.21. The van der Waals surface area contributed by atoms with Gasteiger partial charge in [-0.15, -0.1) is 0 Å². The Morgan fingerprint density at radius 2 is 1.50 bits per heavy atom. The summed E-state index contributed by atoms with van der Waals surface area (Å²) in [5, 5.41) is 0. The van der Waals surface area contributed by atoms with Gasteiger partial charge in [-0.3, -0.25) is 9.59 Å². The third-order valence-electron chi connectivity index (χ3n) is 2.25. The Kier molecular flexibility index (Phi) is 8.62. The number of rotatable bonds is 7. The molecule has 102 valence electrons. The largest absolute Gasteiger partial charge is 0.462 e. The molecule has 0 amide bonds. The molecule has 0 radical (unpaired) electrons. The Morgan fingerprint density at radius 1 is 0.889 bits per heavy atom. The van der Waals surface area contributed by atoms with Gasteiger partial charge in [-0.1, -0.05) is 11.6 Å². The monoisotopic (exact) mass is 254 g/mol. The maximum absolute atomic E-state index is 10.6. The molecule has 18 heavy (non-hydrogen) atoms. The molecule has 0 aliphatic carbocycles. The highest BCUT2D eigenvalue weighted by Crippen LogP contribution is 2.07. The lowest BCUT2D eigenvalue weighted by Crippen LogP contribution is -2.01. The van der Waals surface area contributed by atoms with Crippen LogP contribution in [0.25, 0.3) is 0 Å². The first-order chi connectivity index (χ1) is 8.41. The molecule has 0 aliphatic heterocycles. The van der Waals surface area contributed by atoms with E-state index < -0.39 is 0 Å². The van der Waals surface area contributed by atoms with E-state index in [1.54, 1.807) is 0 Å². The van der Waals surface area contributed by atoms with Gasteiger partial charge < -0.3 is 9.47 Å². The normalized spacial score (nSPS) is 12.2. The van der Waals surface area contributed by atoms with Crippen molar-refractivity contribution in [3.8, 4) is 0 Å². The minimum Gasteiger partial charge on any atom is -0.462 e. The molecule has 0 spiro atoms. The van der Waals surface area contributed by atoms with Crippen molar-refractivity contribution < 1.29 is 19.1 Å². The molecule has 0 unspecified atom stereocenters. The van der Waals surface area contributed by atoms with Gasteiger partial charge >= 0.3 is 11.9 Å². The van der Waals surface area contributed by atoms with Crippen LogP contribution in [0.15, 0.2) is 23.3 Å². The highest BCUT2D eigenvalue weighted by atomic mass is 16.5. The Balaban J connectivity index is 3.83. The molecule has 0 aromatic rings. The summed E-state index contributed by atoms with van der Waals surface area (Å²) in [6.07, 6.45) is 5.73. The van der Waals surface area contributed by atoms with Gasteiger partial charge in [-0.2, -0.15) is 0 Å². The Bertz CT molecular complexity index is 340. The first kappa shape index (κ1) is 16.4. The fourth-order valence-corrected chi connectivity index (χ4v) is 1.22. The van der Waals surface area contributed by atoms with Crippen molar-refractivity contribution in [3.63, 3.8) is 0 Å². The van der Waals surface area contributed by atoms with E-state index in [0.717, 1.165) is 18.4 Å². The molecule has 0 heterocycles. The molecule has 0 aromatic heterocycles.